The summed E-state index contributed by atoms with van der Waals surface area (Å²) in [5.74, 6) is -10.3. The highest BCUT2D eigenvalue weighted by Crippen LogP contribution is 2.38. The first-order chi connectivity index (χ1) is 13.0. The van der Waals surface area contributed by atoms with Gasteiger partial charge in [0.05, 0.1) is 17.8 Å². The Balaban J connectivity index is 2.38. The summed E-state index contributed by atoms with van der Waals surface area (Å²) in [4.78, 5) is 0. The van der Waals surface area contributed by atoms with E-state index in [2.05, 4.69) is 5.10 Å². The molecular formula is C16H10ClF7N2O2. The predicted octanol–water partition coefficient (Wildman–Crippen LogP) is 5.47. The first-order valence-electron chi connectivity index (χ1n) is 7.36. The number of aromatic hydroxyl groups is 1. The standard InChI is InChI=1S/C16H10ClF7N2O2/c1-2-28-8-4-6(3-7(17)15(8)27)5-25-26-14-12(20)10(18)9(16(22,23)24)11(19)13(14)21/h3-5,26-27H,2H2,1H3/b25-5-. The fourth-order valence-electron chi connectivity index (χ4n) is 2.08. The van der Waals surface area contributed by atoms with E-state index in [0.717, 1.165) is 6.21 Å². The van der Waals surface area contributed by atoms with Crippen molar-refractivity contribution >= 4 is 23.5 Å². The molecule has 0 heterocycles. The lowest BCUT2D eigenvalue weighted by atomic mass is 10.1. The molecular weight excluding hydrogens is 421 g/mol. The van der Waals surface area contributed by atoms with Crippen LogP contribution >= 0.6 is 11.6 Å². The van der Waals surface area contributed by atoms with Gasteiger partial charge in [-0.05, 0) is 24.6 Å². The van der Waals surface area contributed by atoms with Gasteiger partial charge in [-0.25, -0.2) is 17.6 Å². The van der Waals surface area contributed by atoms with Crippen molar-refractivity contribution < 1.29 is 40.6 Å². The van der Waals surface area contributed by atoms with Crippen LogP contribution in [0.4, 0.5) is 36.4 Å². The molecule has 28 heavy (non-hydrogen) atoms. The van der Waals surface area contributed by atoms with Gasteiger partial charge in [-0.3, -0.25) is 5.43 Å². The average Bonchev–Trinajstić information content (AvgIpc) is 2.59. The molecule has 0 aliphatic carbocycles. The maximum Gasteiger partial charge on any atom is 0.422 e. The number of hydrogen-bond donors (Lipinski definition) is 2. The molecule has 0 saturated heterocycles. The second-order valence-corrected chi connectivity index (χ2v) is 5.56. The molecule has 2 aromatic carbocycles. The number of benzene rings is 2. The second kappa shape index (κ2) is 8.13. The van der Waals surface area contributed by atoms with Crippen molar-refractivity contribution in [1.82, 2.24) is 0 Å². The summed E-state index contributed by atoms with van der Waals surface area (Å²) in [6.45, 7) is 1.79. The maximum atomic E-state index is 13.7. The number of phenolic OH excluding ortho intramolecular Hbond substituents is 1. The molecule has 0 spiro atoms. The smallest absolute Gasteiger partial charge is 0.422 e. The maximum absolute atomic E-state index is 13.7. The van der Waals surface area contributed by atoms with Gasteiger partial charge in [0.1, 0.15) is 11.3 Å². The summed E-state index contributed by atoms with van der Waals surface area (Å²) < 4.78 is 97.3. The monoisotopic (exact) mass is 430 g/mol. The number of alkyl halides is 3. The average molecular weight is 431 g/mol. The lowest BCUT2D eigenvalue weighted by Crippen LogP contribution is -2.16. The Bertz CT molecular complexity index is 903. The zero-order valence-corrected chi connectivity index (χ0v) is 14.5. The SMILES string of the molecule is CCOc1cc(/C=N\Nc2c(F)c(F)c(C(F)(F)F)c(F)c2F)cc(Cl)c1O. The minimum Gasteiger partial charge on any atom is -0.503 e. The van der Waals surface area contributed by atoms with E-state index in [1.165, 1.54) is 12.1 Å². The highest BCUT2D eigenvalue weighted by Gasteiger charge is 2.42. The van der Waals surface area contributed by atoms with E-state index < -0.39 is 40.7 Å². The van der Waals surface area contributed by atoms with E-state index in [-0.39, 0.29) is 28.7 Å². The molecule has 2 aromatic rings. The number of ether oxygens (including phenoxy) is 1. The molecule has 2 N–H and O–H groups in total. The number of phenols is 1. The van der Waals surface area contributed by atoms with Gasteiger partial charge in [-0.15, -0.1) is 0 Å². The third-order valence-electron chi connectivity index (χ3n) is 3.29. The summed E-state index contributed by atoms with van der Waals surface area (Å²) in [5.41, 5.74) is -2.52. The van der Waals surface area contributed by atoms with Crippen molar-refractivity contribution in [3.05, 3.63) is 51.6 Å². The molecule has 0 atom stereocenters. The van der Waals surface area contributed by atoms with Crippen molar-refractivity contribution in [1.29, 1.82) is 0 Å². The fourth-order valence-corrected chi connectivity index (χ4v) is 2.30. The van der Waals surface area contributed by atoms with Crippen molar-refractivity contribution in [3.8, 4) is 11.5 Å². The molecule has 0 aromatic heterocycles. The molecule has 0 saturated carbocycles. The minimum absolute atomic E-state index is 0.0413. The van der Waals surface area contributed by atoms with Crippen molar-refractivity contribution in [2.45, 2.75) is 13.1 Å². The molecule has 0 amide bonds. The second-order valence-electron chi connectivity index (χ2n) is 5.16. The van der Waals surface area contributed by atoms with Crippen LogP contribution in [0, 0.1) is 23.3 Å². The normalized spacial score (nSPS) is 11.9. The van der Waals surface area contributed by atoms with Crippen LogP contribution in [0.1, 0.15) is 18.1 Å². The number of hydrogen-bond acceptors (Lipinski definition) is 4. The van der Waals surface area contributed by atoms with Crippen LogP contribution in [-0.2, 0) is 6.18 Å². The number of halogens is 8. The summed E-state index contributed by atoms with van der Waals surface area (Å²) in [6, 6.07) is 2.40. The van der Waals surface area contributed by atoms with Crippen LogP contribution < -0.4 is 10.2 Å². The molecule has 0 aliphatic rings. The third-order valence-corrected chi connectivity index (χ3v) is 3.58. The Morgan fingerprint density at radius 3 is 2.18 bits per heavy atom. The van der Waals surface area contributed by atoms with Crippen molar-refractivity contribution in [2.24, 2.45) is 5.10 Å². The molecule has 0 radical (unpaired) electrons. The Morgan fingerprint density at radius 2 is 1.68 bits per heavy atom. The first-order valence-corrected chi connectivity index (χ1v) is 7.74. The Hall–Kier alpha value is -2.69. The predicted molar refractivity (Wildman–Crippen MR) is 86.8 cm³/mol. The van der Waals surface area contributed by atoms with E-state index >= 15 is 0 Å². The molecule has 2 rings (SSSR count). The molecule has 0 fully saturated rings. The van der Waals surface area contributed by atoms with E-state index in [1.807, 2.05) is 0 Å². The van der Waals surface area contributed by atoms with Gasteiger partial charge in [0.15, 0.2) is 34.8 Å². The zero-order chi connectivity index (χ0) is 21.2. The van der Waals surface area contributed by atoms with Gasteiger partial charge < -0.3 is 9.84 Å². The van der Waals surface area contributed by atoms with E-state index in [1.54, 1.807) is 12.3 Å². The highest BCUT2D eigenvalue weighted by molar-refractivity contribution is 6.32. The molecule has 0 unspecified atom stereocenters. The summed E-state index contributed by atoms with van der Waals surface area (Å²) in [5, 5.41) is 12.8. The molecule has 12 heteroatoms. The van der Waals surface area contributed by atoms with E-state index in [4.69, 9.17) is 16.3 Å². The molecule has 152 valence electrons. The zero-order valence-electron chi connectivity index (χ0n) is 13.8. The fraction of sp³-hybridized carbons (Fsp3) is 0.188. The van der Waals surface area contributed by atoms with Crippen LogP contribution in [-0.4, -0.2) is 17.9 Å². The Labute approximate surface area is 158 Å². The topological polar surface area (TPSA) is 53.8 Å². The van der Waals surface area contributed by atoms with Gasteiger partial charge in [0.2, 0.25) is 0 Å². The number of nitrogens with one attached hydrogen (secondary N) is 1. The van der Waals surface area contributed by atoms with Gasteiger partial charge >= 0.3 is 6.18 Å². The van der Waals surface area contributed by atoms with Gasteiger partial charge in [-0.1, -0.05) is 11.6 Å². The molecule has 4 nitrogen and oxygen atoms in total. The van der Waals surface area contributed by atoms with Gasteiger partial charge in [-0.2, -0.15) is 18.3 Å². The Kier molecular flexibility index (Phi) is 6.27. The number of anilines is 1. The van der Waals surface area contributed by atoms with Gasteiger partial charge in [0.25, 0.3) is 0 Å². The third kappa shape index (κ3) is 4.24. The molecule has 0 aliphatic heterocycles. The number of hydrazone groups is 1. The van der Waals surface area contributed by atoms with Crippen LogP contribution in [0.2, 0.25) is 5.02 Å². The van der Waals surface area contributed by atoms with E-state index in [0.29, 0.717) is 0 Å². The van der Waals surface area contributed by atoms with Crippen molar-refractivity contribution in [2.75, 3.05) is 12.0 Å². The van der Waals surface area contributed by atoms with Crippen LogP contribution in [0.5, 0.6) is 11.5 Å². The highest BCUT2D eigenvalue weighted by atomic mass is 35.5. The summed E-state index contributed by atoms with van der Waals surface area (Å²) in [6.07, 6.45) is -4.77. The van der Waals surface area contributed by atoms with E-state index in [9.17, 15) is 35.8 Å². The summed E-state index contributed by atoms with van der Waals surface area (Å²) in [7, 11) is 0. The van der Waals surface area contributed by atoms with Crippen LogP contribution in [0.25, 0.3) is 0 Å². The lowest BCUT2D eigenvalue weighted by molar-refractivity contribution is -0.143. The molecule has 0 bridgehead atoms. The Morgan fingerprint density at radius 1 is 1.11 bits per heavy atom. The number of nitrogens with zero attached hydrogens (tertiary/aromatic N) is 1. The lowest BCUT2D eigenvalue weighted by Gasteiger charge is -2.13. The summed E-state index contributed by atoms with van der Waals surface area (Å²) >= 11 is 5.77. The van der Waals surface area contributed by atoms with Crippen LogP contribution in [0.15, 0.2) is 17.2 Å². The quantitative estimate of drug-likeness (QED) is 0.286. The first kappa shape index (κ1) is 21.6. The minimum atomic E-state index is -5.64. The van der Waals surface area contributed by atoms with Gasteiger partial charge in [0, 0.05) is 0 Å². The van der Waals surface area contributed by atoms with Crippen molar-refractivity contribution in [3.63, 3.8) is 0 Å². The number of rotatable bonds is 5. The largest absolute Gasteiger partial charge is 0.503 e. The van der Waals surface area contributed by atoms with Crippen LogP contribution in [0.3, 0.4) is 0 Å².